The quantitative estimate of drug-likeness (QED) is 0.0485. The molecule has 1 aromatic heterocycles. The predicted octanol–water partition coefficient (Wildman–Crippen LogP) is 21.3. The molecule has 0 bridgehead atoms. The summed E-state index contributed by atoms with van der Waals surface area (Å²) < 4.78 is 48.2. The van der Waals surface area contributed by atoms with Crippen LogP contribution in [0, 0.1) is 57.2 Å². The largest absolute Gasteiger partial charge is 0.573 e. The molecule has 5 fully saturated rings. The molecular formula is C94H89Cl3F3N11O5S. The molecule has 23 heteroatoms. The minimum atomic E-state index is -4.79. The first-order valence-electron chi connectivity index (χ1n) is 39.6. The number of nitrogens with one attached hydrogen (secondary N) is 3. The number of halogens is 6. The molecule has 5 aliphatic rings. The Bertz CT molecular complexity index is 5260. The number of thiazole rings is 1. The number of nitrogens with zero attached hydrogens (tertiary/aromatic N) is 8. The average molecular weight is 1650 g/mol. The van der Waals surface area contributed by atoms with Crippen LogP contribution in [-0.4, -0.2) is 103 Å². The van der Waals surface area contributed by atoms with E-state index in [0.29, 0.717) is 61.5 Å². The fourth-order valence-electron chi connectivity index (χ4n) is 16.1. The molecule has 9 aromatic carbocycles. The number of amides is 3. The van der Waals surface area contributed by atoms with Crippen molar-refractivity contribution in [3.05, 3.63) is 277 Å². The molecule has 3 saturated heterocycles. The summed E-state index contributed by atoms with van der Waals surface area (Å²) in [7, 11) is 0. The van der Waals surface area contributed by atoms with E-state index in [0.717, 1.165) is 153 Å². The summed E-state index contributed by atoms with van der Waals surface area (Å²) in [5.41, 5.74) is 12.4. The molecule has 2 saturated carbocycles. The van der Waals surface area contributed by atoms with Crippen LogP contribution in [0.25, 0.3) is 33.4 Å². The lowest BCUT2D eigenvalue weighted by Gasteiger charge is -2.42. The first kappa shape index (κ1) is 84.2. The maximum absolute atomic E-state index is 13.0. The van der Waals surface area contributed by atoms with Gasteiger partial charge in [0.15, 0.2) is 0 Å². The third-order valence-electron chi connectivity index (χ3n) is 23.0. The van der Waals surface area contributed by atoms with Crippen molar-refractivity contribution in [3.63, 3.8) is 0 Å². The first-order valence-corrected chi connectivity index (χ1v) is 41.6. The van der Waals surface area contributed by atoms with E-state index in [4.69, 9.17) is 44.8 Å². The Morgan fingerprint density at radius 1 is 0.479 bits per heavy atom. The molecule has 3 amide bonds. The third-order valence-corrected chi connectivity index (χ3v) is 24.5. The van der Waals surface area contributed by atoms with E-state index < -0.39 is 12.0 Å². The van der Waals surface area contributed by atoms with Gasteiger partial charge in [-0.25, -0.2) is 4.98 Å². The van der Waals surface area contributed by atoms with Gasteiger partial charge in [-0.2, -0.15) is 21.0 Å². The van der Waals surface area contributed by atoms with E-state index in [2.05, 4.69) is 119 Å². The van der Waals surface area contributed by atoms with Crippen LogP contribution < -0.4 is 20.7 Å². The fraction of sp³-hybridized carbons (Fsp3) is 0.319. The maximum atomic E-state index is 13.0. The molecule has 2 aliphatic carbocycles. The molecule has 0 unspecified atom stereocenters. The number of nitriles is 4. The minimum Gasteiger partial charge on any atom is -0.406 e. The molecule has 15 rings (SSSR count). The number of piperidine rings is 3. The molecule has 3 N–H and O–H groups in total. The van der Waals surface area contributed by atoms with Crippen molar-refractivity contribution in [3.8, 4) is 63.4 Å². The van der Waals surface area contributed by atoms with Gasteiger partial charge in [-0.05, 0) is 261 Å². The number of aromatic nitrogens is 1. The SMILES string of the molecule is N#Cc1cccc(-c2ccc(C3(CCC(=O)Nc4ccc(C#N)c(Cl)c4)CCN(CC4CC4)CC3)cc2)c1.N#Cc1cccc(-c2ccc(C3(CCC(=O)Nc4cccc(OC(F)(F)F)c4)CCN(CC4CC4)CC3)cc2)c1.N#Cc1cccc(-c2ccc(C3(OCC(=O)Nc4cc(Cl)cc(Cl)c4)CCN(Cc4nccs4)CC3)cc2)c1. The van der Waals surface area contributed by atoms with E-state index in [1.54, 1.807) is 65.9 Å². The van der Waals surface area contributed by atoms with Crippen LogP contribution in [-0.2, 0) is 42.1 Å². The van der Waals surface area contributed by atoms with Crippen LogP contribution in [0.3, 0.4) is 0 Å². The van der Waals surface area contributed by atoms with Crippen molar-refractivity contribution >= 4 is 80.9 Å². The maximum Gasteiger partial charge on any atom is 0.573 e. The normalized spacial score (nSPS) is 16.3. The van der Waals surface area contributed by atoms with Crippen LogP contribution in [0.1, 0.15) is 134 Å². The van der Waals surface area contributed by atoms with E-state index in [1.807, 2.05) is 90.4 Å². The van der Waals surface area contributed by atoms with Crippen LogP contribution in [0.2, 0.25) is 15.1 Å². The number of hydrogen-bond acceptors (Lipinski definition) is 14. The molecule has 117 heavy (non-hydrogen) atoms. The number of benzene rings is 9. The van der Waals surface area contributed by atoms with Gasteiger partial charge in [0.05, 0.1) is 57.6 Å². The molecule has 0 spiro atoms. The molecular weight excluding hydrogens is 1560 g/mol. The number of rotatable bonds is 25. The van der Waals surface area contributed by atoms with Gasteiger partial charge >= 0.3 is 6.36 Å². The lowest BCUT2D eigenvalue weighted by atomic mass is 9.69. The van der Waals surface area contributed by atoms with Crippen molar-refractivity contribution in [2.45, 2.75) is 119 Å². The highest BCUT2D eigenvalue weighted by Crippen LogP contribution is 2.45. The number of ether oxygens (including phenoxy) is 2. The number of carbonyl (C=O) groups is 3. The molecule has 0 atom stereocenters. The number of alkyl halides is 3. The number of likely N-dealkylation sites (tertiary alicyclic amines) is 3. The molecule has 16 nitrogen and oxygen atoms in total. The van der Waals surface area contributed by atoms with Crippen LogP contribution in [0.15, 0.2) is 218 Å². The summed E-state index contributed by atoms with van der Waals surface area (Å²) in [5, 5.41) is 49.7. The minimum absolute atomic E-state index is 0.0458. The van der Waals surface area contributed by atoms with Crippen molar-refractivity contribution in [1.82, 2.24) is 19.7 Å². The summed E-state index contributed by atoms with van der Waals surface area (Å²) in [6.07, 6.45) is 9.83. The second-order valence-electron chi connectivity index (χ2n) is 31.0. The zero-order chi connectivity index (χ0) is 81.9. The highest BCUT2D eigenvalue weighted by molar-refractivity contribution is 7.09. The highest BCUT2D eigenvalue weighted by Gasteiger charge is 2.42. The third kappa shape index (κ3) is 23.6. The molecule has 3 aliphatic heterocycles. The lowest BCUT2D eigenvalue weighted by molar-refractivity contribution is -0.274. The van der Waals surface area contributed by atoms with Gasteiger partial charge in [-0.15, -0.1) is 24.5 Å². The highest BCUT2D eigenvalue weighted by atomic mass is 35.5. The van der Waals surface area contributed by atoms with E-state index >= 15 is 0 Å². The number of anilines is 3. The Morgan fingerprint density at radius 3 is 1.35 bits per heavy atom. The first-order chi connectivity index (χ1) is 56.6. The molecule has 10 aromatic rings. The summed E-state index contributed by atoms with van der Waals surface area (Å²) in [6, 6.07) is 72.0. The summed E-state index contributed by atoms with van der Waals surface area (Å²) in [5.74, 6) is 0.757. The van der Waals surface area contributed by atoms with E-state index in [-0.39, 0.29) is 53.0 Å². The topological polar surface area (TPSA) is 224 Å². The predicted molar refractivity (Wildman–Crippen MR) is 454 cm³/mol. The van der Waals surface area contributed by atoms with Gasteiger partial charge in [-0.3, -0.25) is 19.3 Å². The van der Waals surface area contributed by atoms with Crippen molar-refractivity contribution < 1.29 is 37.0 Å². The monoisotopic (exact) mass is 1650 g/mol. The van der Waals surface area contributed by atoms with Crippen molar-refractivity contribution in [2.24, 2.45) is 11.8 Å². The van der Waals surface area contributed by atoms with Gasteiger partial charge < -0.3 is 35.2 Å². The van der Waals surface area contributed by atoms with Gasteiger partial charge in [0.25, 0.3) is 0 Å². The number of carbonyl (C=O) groups excluding carboxylic acids is 3. The summed E-state index contributed by atoms with van der Waals surface area (Å²) >= 11 is 20.0. The zero-order valence-corrected chi connectivity index (χ0v) is 67.8. The van der Waals surface area contributed by atoms with Crippen molar-refractivity contribution in [2.75, 3.05) is 74.9 Å². The van der Waals surface area contributed by atoms with Crippen LogP contribution in [0.5, 0.6) is 5.75 Å². The Balaban J connectivity index is 0.000000152. The second-order valence-corrected chi connectivity index (χ2v) is 33.3. The Hall–Kier alpha value is -10.7. The van der Waals surface area contributed by atoms with Crippen molar-refractivity contribution in [1.29, 1.82) is 21.0 Å². The van der Waals surface area contributed by atoms with Gasteiger partial charge in [0.2, 0.25) is 17.7 Å². The van der Waals surface area contributed by atoms with Gasteiger partial charge in [0, 0.05) is 83.8 Å². The summed E-state index contributed by atoms with van der Waals surface area (Å²) in [6.45, 7) is 8.71. The van der Waals surface area contributed by atoms with Crippen LogP contribution in [0.4, 0.5) is 30.2 Å². The Labute approximate surface area is 700 Å². The fourth-order valence-corrected chi connectivity index (χ4v) is 17.5. The lowest BCUT2D eigenvalue weighted by Crippen LogP contribution is -2.45. The zero-order valence-electron chi connectivity index (χ0n) is 64.7. The van der Waals surface area contributed by atoms with Crippen LogP contribution >= 0.6 is 46.1 Å². The number of hydrogen-bond donors (Lipinski definition) is 3. The van der Waals surface area contributed by atoms with E-state index in [9.17, 15) is 43.3 Å². The smallest absolute Gasteiger partial charge is 0.406 e. The standard InChI is InChI=1S/C32H31ClN4O.C32H32F3N3O2.C30H26Cl2N4O2S/c33-30-19-29(11-8-27(30)21-35)36-31(38)12-13-32(14-16-37(17-15-32)22-23-4-5-23)28-9-6-25(7-10-28)26-3-1-2-24(18-26)20-34;33-32(34,35)40-29-6-2-5-28(20-29)37-30(39)13-14-31(15-17-38(18-16-31)22-23-7-8-23)27-11-9-25(10-12-27)26-4-1-3-24(19-26)21-36;31-25-15-26(32)17-27(16-25)35-28(37)20-38-30(8-11-36(12-9-30)19-29-34-10-13-39-29)24-6-4-22(5-7-24)23-3-1-2-21(14-23)18-33/h1-3,6-11,18-19,23H,4-5,12-17,22H2,(H,36,38);1-6,9-12,19-20,23H,7-8,13-18,22H2,(H,37,39);1-7,10,13-17H,8-9,11-12,19-20H2,(H,35,37). The molecule has 0 radical (unpaired) electrons. The average Bonchev–Trinajstić information content (AvgIpc) is 0.950. The molecule has 598 valence electrons. The summed E-state index contributed by atoms with van der Waals surface area (Å²) in [4.78, 5) is 50.7. The van der Waals surface area contributed by atoms with E-state index in [1.165, 1.54) is 61.6 Å². The Morgan fingerprint density at radius 2 is 0.923 bits per heavy atom. The molecule has 4 heterocycles. The second kappa shape index (κ2) is 39.0. The van der Waals surface area contributed by atoms with Gasteiger partial charge in [-0.1, -0.05) is 150 Å². The van der Waals surface area contributed by atoms with Gasteiger partial charge in [0.1, 0.15) is 23.4 Å². The Kier molecular flexibility index (Phi) is 28.1.